The molecule has 0 aromatic heterocycles. The second-order valence-corrected chi connectivity index (χ2v) is 8.24. The van der Waals surface area contributed by atoms with Gasteiger partial charge in [0.2, 0.25) is 0 Å². The van der Waals surface area contributed by atoms with Gasteiger partial charge in [0, 0.05) is 12.3 Å². The first-order valence-electron chi connectivity index (χ1n) is 9.47. The molecular formula is C22H32O4. The molecule has 0 aromatic carbocycles. The first-order valence-corrected chi connectivity index (χ1v) is 9.47. The van der Waals surface area contributed by atoms with Crippen LogP contribution in [0, 0.1) is 22.7 Å². The third-order valence-electron chi connectivity index (χ3n) is 7.01. The summed E-state index contributed by atoms with van der Waals surface area (Å²) in [4.78, 5) is 24.4. The van der Waals surface area contributed by atoms with E-state index in [1.165, 1.54) is 6.92 Å². The van der Waals surface area contributed by atoms with E-state index in [9.17, 15) is 14.7 Å². The molecule has 0 unspecified atom stereocenters. The van der Waals surface area contributed by atoms with Crippen LogP contribution in [-0.2, 0) is 14.3 Å². The minimum atomic E-state index is -0.870. The Bertz CT molecular complexity index is 659. The summed E-state index contributed by atoms with van der Waals surface area (Å²) in [5, 5.41) is 10.4. The highest BCUT2D eigenvalue weighted by Gasteiger charge is 2.63. The zero-order valence-corrected chi connectivity index (χ0v) is 16.7. The fraction of sp³-hybridized carbons (Fsp3) is 0.636. The normalized spacial score (nSPS) is 37.3. The first-order chi connectivity index (χ1) is 12.1. The number of carboxylic acid groups (broad SMARTS) is 1. The van der Waals surface area contributed by atoms with Crippen molar-refractivity contribution in [3.05, 3.63) is 36.0 Å². The largest absolute Gasteiger partial charge is 0.481 e. The van der Waals surface area contributed by atoms with Crippen LogP contribution in [0.5, 0.6) is 0 Å². The number of carbonyl (C=O) groups excluding carboxylic acids is 1. The molecule has 0 radical (unpaired) electrons. The lowest BCUT2D eigenvalue weighted by atomic mass is 9.45. The van der Waals surface area contributed by atoms with Gasteiger partial charge in [0.05, 0.1) is 5.41 Å². The van der Waals surface area contributed by atoms with E-state index >= 15 is 0 Å². The number of rotatable bonds is 5. The number of hydrogen-bond donors (Lipinski definition) is 1. The van der Waals surface area contributed by atoms with Crippen molar-refractivity contribution < 1.29 is 19.4 Å². The zero-order chi connectivity index (χ0) is 19.7. The van der Waals surface area contributed by atoms with Crippen molar-refractivity contribution in [2.45, 2.75) is 66.4 Å². The van der Waals surface area contributed by atoms with Gasteiger partial charge in [0.1, 0.15) is 6.10 Å². The van der Waals surface area contributed by atoms with Crippen molar-refractivity contribution in [1.82, 2.24) is 0 Å². The van der Waals surface area contributed by atoms with E-state index in [-0.39, 0.29) is 23.9 Å². The van der Waals surface area contributed by atoms with Gasteiger partial charge in [0.15, 0.2) is 0 Å². The molecule has 0 aromatic rings. The van der Waals surface area contributed by atoms with Gasteiger partial charge >= 0.3 is 11.9 Å². The number of aliphatic carboxylic acids is 1. The van der Waals surface area contributed by atoms with Crippen molar-refractivity contribution in [3.8, 4) is 0 Å². The fourth-order valence-electron chi connectivity index (χ4n) is 5.23. The number of allylic oxidation sites excluding steroid dienone is 4. The molecule has 0 saturated heterocycles. The van der Waals surface area contributed by atoms with E-state index in [1.807, 2.05) is 19.9 Å². The van der Waals surface area contributed by atoms with Crippen molar-refractivity contribution in [1.29, 1.82) is 0 Å². The Balaban J connectivity index is 2.60. The molecule has 5 atom stereocenters. The molecule has 1 fully saturated rings. The number of carbonyl (C=O) groups is 2. The Morgan fingerprint density at radius 1 is 1.42 bits per heavy atom. The molecule has 4 heteroatoms. The summed E-state index contributed by atoms with van der Waals surface area (Å²) in [6.07, 6.45) is 8.35. The monoisotopic (exact) mass is 360 g/mol. The zero-order valence-electron chi connectivity index (χ0n) is 16.7. The first kappa shape index (κ1) is 20.5. The van der Waals surface area contributed by atoms with Crippen molar-refractivity contribution in [3.63, 3.8) is 0 Å². The molecule has 0 spiro atoms. The second kappa shape index (κ2) is 7.42. The van der Waals surface area contributed by atoms with E-state index in [1.54, 1.807) is 6.08 Å². The summed E-state index contributed by atoms with van der Waals surface area (Å²) >= 11 is 0. The van der Waals surface area contributed by atoms with Gasteiger partial charge in [-0.25, -0.2) is 0 Å². The average molecular weight is 360 g/mol. The summed E-state index contributed by atoms with van der Waals surface area (Å²) in [5.41, 5.74) is 0.808. The van der Waals surface area contributed by atoms with Crippen LogP contribution in [0.2, 0.25) is 0 Å². The standard InChI is InChI=1S/C22H32O4/c1-7-14(2)11-12-22(20(24)25)16(4)13-19(26-17(5)23)21(6)15(3)9-8-10-18(21)22/h7,9,11,16,18-19H,1,8,10,12-13H2,2-6H3,(H,24,25)/b14-11-/t16-,18+,19+,21+,22-/m0/s1. The summed E-state index contributed by atoms with van der Waals surface area (Å²) < 4.78 is 5.72. The van der Waals surface area contributed by atoms with Crippen LogP contribution in [0.3, 0.4) is 0 Å². The van der Waals surface area contributed by atoms with E-state index in [0.29, 0.717) is 12.8 Å². The fourth-order valence-corrected chi connectivity index (χ4v) is 5.23. The molecule has 1 saturated carbocycles. The van der Waals surface area contributed by atoms with Crippen LogP contribution >= 0.6 is 0 Å². The summed E-state index contributed by atoms with van der Waals surface area (Å²) in [5.74, 6) is -1.22. The highest BCUT2D eigenvalue weighted by molar-refractivity contribution is 5.77. The van der Waals surface area contributed by atoms with Gasteiger partial charge < -0.3 is 9.84 Å². The maximum atomic E-state index is 12.6. The predicted molar refractivity (Wildman–Crippen MR) is 103 cm³/mol. The predicted octanol–water partition coefficient (Wildman–Crippen LogP) is 4.91. The van der Waals surface area contributed by atoms with Gasteiger partial charge in [-0.05, 0) is 51.4 Å². The maximum Gasteiger partial charge on any atom is 0.310 e. The number of ether oxygens (including phenoxy) is 1. The molecule has 0 amide bonds. The lowest BCUT2D eigenvalue weighted by Gasteiger charge is -2.59. The molecule has 0 aliphatic heterocycles. The van der Waals surface area contributed by atoms with E-state index in [4.69, 9.17) is 4.74 Å². The molecule has 4 nitrogen and oxygen atoms in total. The Labute approximate surface area is 157 Å². The van der Waals surface area contributed by atoms with E-state index < -0.39 is 16.8 Å². The minimum Gasteiger partial charge on any atom is -0.481 e. The van der Waals surface area contributed by atoms with E-state index in [2.05, 4.69) is 26.5 Å². The minimum absolute atomic E-state index is 0.0838. The van der Waals surface area contributed by atoms with Crippen LogP contribution < -0.4 is 0 Å². The number of hydrogen-bond acceptors (Lipinski definition) is 3. The molecule has 2 aliphatic rings. The van der Waals surface area contributed by atoms with Crippen molar-refractivity contribution in [2.75, 3.05) is 0 Å². The molecule has 26 heavy (non-hydrogen) atoms. The Hall–Kier alpha value is -1.84. The van der Waals surface area contributed by atoms with Gasteiger partial charge in [-0.15, -0.1) is 0 Å². The number of fused-ring (bicyclic) bond motifs is 1. The smallest absolute Gasteiger partial charge is 0.310 e. The van der Waals surface area contributed by atoms with Gasteiger partial charge in [0.25, 0.3) is 0 Å². The third kappa shape index (κ3) is 3.15. The van der Waals surface area contributed by atoms with Crippen LogP contribution in [0.1, 0.15) is 60.3 Å². The lowest BCUT2D eigenvalue weighted by molar-refractivity contribution is -0.189. The molecule has 144 valence electrons. The van der Waals surface area contributed by atoms with Crippen molar-refractivity contribution in [2.24, 2.45) is 22.7 Å². The van der Waals surface area contributed by atoms with Gasteiger partial charge in [-0.1, -0.05) is 49.8 Å². The molecular weight excluding hydrogens is 328 g/mol. The van der Waals surface area contributed by atoms with Gasteiger partial charge in [-0.3, -0.25) is 9.59 Å². The highest BCUT2D eigenvalue weighted by Crippen LogP contribution is 2.62. The molecule has 1 N–H and O–H groups in total. The summed E-state index contributed by atoms with van der Waals surface area (Å²) in [7, 11) is 0. The molecule has 2 aliphatic carbocycles. The summed E-state index contributed by atoms with van der Waals surface area (Å²) in [6, 6.07) is 0. The van der Waals surface area contributed by atoms with Crippen LogP contribution in [0.4, 0.5) is 0 Å². The maximum absolute atomic E-state index is 12.6. The van der Waals surface area contributed by atoms with Gasteiger partial charge in [-0.2, -0.15) is 0 Å². The molecule has 0 bridgehead atoms. The Kier molecular flexibility index (Phi) is 5.84. The molecule has 0 heterocycles. The van der Waals surface area contributed by atoms with E-state index in [0.717, 1.165) is 24.0 Å². The lowest BCUT2D eigenvalue weighted by Crippen LogP contribution is -2.61. The quantitative estimate of drug-likeness (QED) is 0.430. The molecule has 2 rings (SSSR count). The third-order valence-corrected chi connectivity index (χ3v) is 7.01. The number of carboxylic acids is 1. The second-order valence-electron chi connectivity index (χ2n) is 8.24. The van der Waals surface area contributed by atoms with Crippen LogP contribution in [-0.4, -0.2) is 23.1 Å². The Morgan fingerprint density at radius 3 is 2.62 bits per heavy atom. The van der Waals surface area contributed by atoms with Crippen LogP contribution in [0.15, 0.2) is 36.0 Å². The van der Waals surface area contributed by atoms with Crippen molar-refractivity contribution >= 4 is 11.9 Å². The van der Waals surface area contributed by atoms with Crippen LogP contribution in [0.25, 0.3) is 0 Å². The number of esters is 1. The average Bonchev–Trinajstić information content (AvgIpc) is 2.56. The topological polar surface area (TPSA) is 63.6 Å². The highest BCUT2D eigenvalue weighted by atomic mass is 16.5. The summed E-state index contributed by atoms with van der Waals surface area (Å²) in [6.45, 7) is 13.3. The SMILES string of the molecule is C=C/C(C)=C\C[C@@]1(C(=O)O)[C@@H]2CCC=C(C)[C@@]2(C)[C@H](OC(C)=O)C[C@@H]1C. The Morgan fingerprint density at radius 2 is 2.08 bits per heavy atom.